The summed E-state index contributed by atoms with van der Waals surface area (Å²) in [4.78, 5) is 26.0. The first-order chi connectivity index (χ1) is 10.8. The fraction of sp³-hybridized carbons (Fsp3) is 0.167. The van der Waals surface area contributed by atoms with E-state index in [4.69, 9.17) is 0 Å². The molecule has 0 bridgehead atoms. The van der Waals surface area contributed by atoms with Crippen molar-refractivity contribution in [3.05, 3.63) is 50.1 Å². The standard InChI is InChI=1S/C12H9BrN2O6S2/c1-21-11(16)9(8-10(15(17)18)22-12(13)14-8)23(19,20)7-5-3-2-4-6-7/h2-6,9H,1H3. The van der Waals surface area contributed by atoms with Crippen molar-refractivity contribution in [2.45, 2.75) is 10.1 Å². The Morgan fingerprint density at radius 1 is 1.39 bits per heavy atom. The quantitative estimate of drug-likeness (QED) is 0.414. The lowest BCUT2D eigenvalue weighted by molar-refractivity contribution is -0.381. The SMILES string of the molecule is COC(=O)C(c1nc(Br)sc1[N+](=O)[O-])S(=O)(=O)c1ccccc1. The van der Waals surface area contributed by atoms with Gasteiger partial charge in [0.15, 0.2) is 19.4 Å². The molecular formula is C12H9BrN2O6S2. The minimum Gasteiger partial charge on any atom is -0.468 e. The molecule has 1 aromatic carbocycles. The van der Waals surface area contributed by atoms with Crippen LogP contribution in [0.4, 0.5) is 5.00 Å². The summed E-state index contributed by atoms with van der Waals surface area (Å²) in [6.45, 7) is 0. The van der Waals surface area contributed by atoms with Gasteiger partial charge in [0.2, 0.25) is 5.25 Å². The highest BCUT2D eigenvalue weighted by Crippen LogP contribution is 2.39. The lowest BCUT2D eigenvalue weighted by Crippen LogP contribution is -2.24. The van der Waals surface area contributed by atoms with Gasteiger partial charge in [0.1, 0.15) is 0 Å². The summed E-state index contributed by atoms with van der Waals surface area (Å²) in [5.41, 5.74) is -0.470. The van der Waals surface area contributed by atoms with E-state index in [1.54, 1.807) is 6.07 Å². The number of carbonyl (C=O) groups excluding carboxylic acids is 1. The van der Waals surface area contributed by atoms with Crippen LogP contribution >= 0.6 is 27.3 Å². The van der Waals surface area contributed by atoms with Crippen LogP contribution in [0.3, 0.4) is 0 Å². The molecule has 11 heteroatoms. The number of rotatable bonds is 5. The van der Waals surface area contributed by atoms with E-state index in [1.807, 2.05) is 0 Å². The number of aromatic nitrogens is 1. The second-order valence-electron chi connectivity index (χ2n) is 4.18. The summed E-state index contributed by atoms with van der Waals surface area (Å²) >= 11 is 3.59. The van der Waals surface area contributed by atoms with Gasteiger partial charge in [-0.05, 0) is 39.4 Å². The van der Waals surface area contributed by atoms with E-state index in [2.05, 4.69) is 25.7 Å². The van der Waals surface area contributed by atoms with E-state index >= 15 is 0 Å². The van der Waals surface area contributed by atoms with Crippen LogP contribution in [-0.2, 0) is 19.4 Å². The topological polar surface area (TPSA) is 116 Å². The van der Waals surface area contributed by atoms with Gasteiger partial charge in [0.25, 0.3) is 0 Å². The Balaban J connectivity index is 2.69. The minimum absolute atomic E-state index is 0.0939. The molecule has 8 nitrogen and oxygen atoms in total. The normalized spacial score (nSPS) is 12.6. The Labute approximate surface area is 143 Å². The first-order valence-electron chi connectivity index (χ1n) is 5.96. The van der Waals surface area contributed by atoms with E-state index in [1.165, 1.54) is 24.3 Å². The smallest absolute Gasteiger partial charge is 0.349 e. The molecule has 0 saturated heterocycles. The average molecular weight is 421 g/mol. The Morgan fingerprint density at radius 2 is 2.00 bits per heavy atom. The minimum atomic E-state index is -4.26. The van der Waals surface area contributed by atoms with Gasteiger partial charge in [-0.25, -0.2) is 13.4 Å². The van der Waals surface area contributed by atoms with Crippen LogP contribution < -0.4 is 0 Å². The van der Waals surface area contributed by atoms with Gasteiger partial charge in [-0.15, -0.1) is 0 Å². The van der Waals surface area contributed by atoms with Crippen LogP contribution in [0.1, 0.15) is 10.9 Å². The summed E-state index contributed by atoms with van der Waals surface area (Å²) < 4.78 is 30.1. The molecule has 1 unspecified atom stereocenters. The van der Waals surface area contributed by atoms with Crippen molar-refractivity contribution in [1.82, 2.24) is 4.98 Å². The number of nitro groups is 1. The van der Waals surface area contributed by atoms with E-state index in [0.717, 1.165) is 7.11 Å². The second-order valence-corrected chi connectivity index (χ2v) is 8.46. The van der Waals surface area contributed by atoms with Crippen LogP contribution in [0.5, 0.6) is 0 Å². The van der Waals surface area contributed by atoms with Crippen molar-refractivity contribution in [3.63, 3.8) is 0 Å². The van der Waals surface area contributed by atoms with E-state index < -0.39 is 36.7 Å². The maximum Gasteiger partial charge on any atom is 0.349 e. The first kappa shape index (κ1) is 17.5. The third kappa shape index (κ3) is 3.41. The van der Waals surface area contributed by atoms with Crippen LogP contribution in [-0.4, -0.2) is 31.4 Å². The predicted molar refractivity (Wildman–Crippen MR) is 84.9 cm³/mol. The number of benzene rings is 1. The Morgan fingerprint density at radius 3 is 2.52 bits per heavy atom. The number of sulfone groups is 1. The number of carbonyl (C=O) groups is 1. The zero-order valence-electron chi connectivity index (χ0n) is 11.5. The maximum atomic E-state index is 12.7. The fourth-order valence-corrected chi connectivity index (χ4v) is 4.83. The molecule has 1 heterocycles. The van der Waals surface area contributed by atoms with Crippen molar-refractivity contribution in [3.8, 4) is 0 Å². The predicted octanol–water partition coefficient (Wildman–Crippen LogP) is 2.50. The number of hydrogen-bond donors (Lipinski definition) is 0. The summed E-state index contributed by atoms with van der Waals surface area (Å²) in [5.74, 6) is -1.14. The molecule has 23 heavy (non-hydrogen) atoms. The van der Waals surface area contributed by atoms with Gasteiger partial charge in [0.05, 0.1) is 16.9 Å². The Bertz CT molecular complexity index is 850. The van der Waals surface area contributed by atoms with Gasteiger partial charge in [-0.3, -0.25) is 14.9 Å². The lowest BCUT2D eigenvalue weighted by atomic mass is 10.3. The first-order valence-corrected chi connectivity index (χ1v) is 9.12. The van der Waals surface area contributed by atoms with Crippen molar-refractivity contribution in [2.75, 3.05) is 7.11 Å². The highest BCUT2D eigenvalue weighted by atomic mass is 79.9. The van der Waals surface area contributed by atoms with E-state index in [9.17, 15) is 23.3 Å². The molecule has 0 fully saturated rings. The Kier molecular flexibility index (Phi) is 5.12. The fourth-order valence-electron chi connectivity index (χ4n) is 1.84. The molecular weight excluding hydrogens is 412 g/mol. The van der Waals surface area contributed by atoms with Crippen LogP contribution in [0.15, 0.2) is 39.1 Å². The second kappa shape index (κ2) is 6.72. The summed E-state index contributed by atoms with van der Waals surface area (Å²) in [6.07, 6.45) is 0. The number of esters is 1. The third-order valence-electron chi connectivity index (χ3n) is 2.82. The molecule has 1 aromatic heterocycles. The van der Waals surface area contributed by atoms with Gasteiger partial charge < -0.3 is 4.74 Å². The summed E-state index contributed by atoms with van der Waals surface area (Å²) in [7, 11) is -3.26. The highest BCUT2D eigenvalue weighted by Gasteiger charge is 2.43. The molecule has 0 N–H and O–H groups in total. The summed E-state index contributed by atoms with van der Waals surface area (Å²) in [6, 6.07) is 7.14. The summed E-state index contributed by atoms with van der Waals surface area (Å²) in [5, 5.41) is 8.67. The lowest BCUT2D eigenvalue weighted by Gasteiger charge is -2.13. The molecule has 0 saturated carbocycles. The molecule has 0 amide bonds. The largest absolute Gasteiger partial charge is 0.468 e. The number of nitrogens with zero attached hydrogens (tertiary/aromatic N) is 2. The van der Waals surface area contributed by atoms with Crippen molar-refractivity contribution in [2.24, 2.45) is 0 Å². The molecule has 2 rings (SSSR count). The van der Waals surface area contributed by atoms with Crippen LogP contribution in [0, 0.1) is 10.1 Å². The van der Waals surface area contributed by atoms with Gasteiger partial charge >= 0.3 is 11.0 Å². The van der Waals surface area contributed by atoms with Crippen LogP contribution in [0.2, 0.25) is 0 Å². The van der Waals surface area contributed by atoms with Crippen molar-refractivity contribution < 1.29 is 22.9 Å². The molecule has 0 aliphatic heterocycles. The van der Waals surface area contributed by atoms with Gasteiger partial charge in [-0.2, -0.15) is 0 Å². The molecule has 2 aromatic rings. The average Bonchev–Trinajstić information content (AvgIpc) is 2.89. The molecule has 122 valence electrons. The van der Waals surface area contributed by atoms with Gasteiger partial charge in [0, 0.05) is 0 Å². The highest BCUT2D eigenvalue weighted by molar-refractivity contribution is 9.11. The maximum absolute atomic E-state index is 12.7. The molecule has 0 aliphatic rings. The molecule has 0 spiro atoms. The number of thiazole rings is 1. The third-order valence-corrected chi connectivity index (χ3v) is 6.26. The molecule has 0 radical (unpaired) electrons. The zero-order chi connectivity index (χ0) is 17.2. The zero-order valence-corrected chi connectivity index (χ0v) is 14.7. The molecule has 1 atom stereocenters. The number of hydrogen-bond acceptors (Lipinski definition) is 8. The van der Waals surface area contributed by atoms with Crippen molar-refractivity contribution >= 4 is 48.1 Å². The van der Waals surface area contributed by atoms with E-state index in [-0.39, 0.29) is 8.81 Å². The van der Waals surface area contributed by atoms with Crippen LogP contribution in [0.25, 0.3) is 0 Å². The van der Waals surface area contributed by atoms with E-state index in [0.29, 0.717) is 11.3 Å². The number of ether oxygens (including phenoxy) is 1. The number of methoxy groups -OCH3 is 1. The van der Waals surface area contributed by atoms with Crippen molar-refractivity contribution in [1.29, 1.82) is 0 Å². The monoisotopic (exact) mass is 420 g/mol. The van der Waals surface area contributed by atoms with Gasteiger partial charge in [-0.1, -0.05) is 18.2 Å². The number of halogens is 1. The Hall–Kier alpha value is -1.85. The molecule has 0 aliphatic carbocycles.